The van der Waals surface area contributed by atoms with Crippen LogP contribution in [0.2, 0.25) is 0 Å². The molecule has 2 aliphatic rings. The minimum atomic E-state index is -0.644. The van der Waals surface area contributed by atoms with E-state index in [0.717, 1.165) is 35.8 Å². The Bertz CT molecular complexity index is 739. The van der Waals surface area contributed by atoms with Crippen LogP contribution in [0.25, 0.3) is 0 Å². The molecule has 0 spiro atoms. The lowest BCUT2D eigenvalue weighted by atomic mass is 9.77. The quantitative estimate of drug-likeness (QED) is 0.294. The van der Waals surface area contributed by atoms with Gasteiger partial charge in [0.05, 0.1) is 11.6 Å². The van der Waals surface area contributed by atoms with Gasteiger partial charge in [0.1, 0.15) is 0 Å². The van der Waals surface area contributed by atoms with Gasteiger partial charge in [0, 0.05) is 12.4 Å². The van der Waals surface area contributed by atoms with Crippen LogP contribution in [0.3, 0.4) is 0 Å². The summed E-state index contributed by atoms with van der Waals surface area (Å²) >= 11 is 0. The molecule has 1 unspecified atom stereocenters. The van der Waals surface area contributed by atoms with Crippen LogP contribution in [-0.2, 0) is 0 Å². The SMILES string of the molecule is CCCCCCCC1CCC(CCC2=CN(F)C(c3ccc(C#N)cc3)N=C2)CC1. The zero-order valence-electron chi connectivity index (χ0n) is 18.4. The van der Waals surface area contributed by atoms with E-state index < -0.39 is 6.17 Å². The van der Waals surface area contributed by atoms with Crippen molar-refractivity contribution in [3.05, 3.63) is 47.2 Å². The van der Waals surface area contributed by atoms with Crippen molar-refractivity contribution in [1.82, 2.24) is 5.12 Å². The molecule has 1 atom stereocenters. The van der Waals surface area contributed by atoms with Gasteiger partial charge in [-0.05, 0) is 47.9 Å². The summed E-state index contributed by atoms with van der Waals surface area (Å²) in [5, 5.41) is 9.60. The Kier molecular flexibility index (Phi) is 8.93. The first-order valence-electron chi connectivity index (χ1n) is 11.9. The number of unbranched alkanes of at least 4 members (excludes halogenated alkanes) is 4. The van der Waals surface area contributed by atoms with Crippen LogP contribution in [0.4, 0.5) is 4.48 Å². The highest BCUT2D eigenvalue weighted by Gasteiger charge is 2.23. The van der Waals surface area contributed by atoms with E-state index in [0.29, 0.717) is 10.7 Å². The third-order valence-electron chi connectivity index (χ3n) is 6.77. The summed E-state index contributed by atoms with van der Waals surface area (Å²) in [6.45, 7) is 2.27. The van der Waals surface area contributed by atoms with Gasteiger partial charge in [0.2, 0.25) is 0 Å². The Morgan fingerprint density at radius 2 is 1.67 bits per heavy atom. The highest BCUT2D eigenvalue weighted by atomic mass is 19.2. The van der Waals surface area contributed by atoms with Crippen molar-refractivity contribution >= 4 is 6.21 Å². The molecule has 3 rings (SSSR count). The summed E-state index contributed by atoms with van der Waals surface area (Å²) in [6, 6.07) is 9.04. The summed E-state index contributed by atoms with van der Waals surface area (Å²) in [6.07, 6.45) is 18.6. The Hall–Kier alpha value is -2.15. The van der Waals surface area contributed by atoms with Crippen LogP contribution in [0.15, 0.2) is 41.0 Å². The van der Waals surface area contributed by atoms with E-state index >= 15 is 0 Å². The molecule has 162 valence electrons. The van der Waals surface area contributed by atoms with Crippen LogP contribution >= 0.6 is 0 Å². The standard InChI is InChI=1S/C26H36FN3/c1-2-3-4-5-6-7-21-8-10-22(11-9-21)12-13-24-19-29-26(30(27)20-24)25-16-14-23(18-28)15-17-25/h14-17,19-22,26H,2-13H2,1H3. The normalized spacial score (nSPS) is 23.8. The maximum absolute atomic E-state index is 14.6. The fourth-order valence-corrected chi connectivity index (χ4v) is 4.80. The number of nitriles is 1. The Labute approximate surface area is 181 Å². The van der Waals surface area contributed by atoms with Crippen molar-refractivity contribution in [2.24, 2.45) is 16.8 Å². The number of halogens is 1. The van der Waals surface area contributed by atoms with Crippen LogP contribution in [0.1, 0.15) is 101 Å². The predicted octanol–water partition coefficient (Wildman–Crippen LogP) is 7.66. The van der Waals surface area contributed by atoms with Crippen molar-refractivity contribution in [3.63, 3.8) is 0 Å². The van der Waals surface area contributed by atoms with Gasteiger partial charge in [0.15, 0.2) is 6.17 Å². The Morgan fingerprint density at radius 1 is 1.00 bits per heavy atom. The van der Waals surface area contributed by atoms with Crippen molar-refractivity contribution in [1.29, 1.82) is 5.26 Å². The molecule has 1 saturated carbocycles. The summed E-state index contributed by atoms with van der Waals surface area (Å²) in [5.41, 5.74) is 2.31. The third kappa shape index (κ3) is 6.69. The van der Waals surface area contributed by atoms with Crippen molar-refractivity contribution in [2.75, 3.05) is 0 Å². The number of nitrogens with zero attached hydrogens (tertiary/aromatic N) is 3. The van der Waals surface area contributed by atoms with Gasteiger partial charge in [-0.15, -0.1) is 0 Å². The molecule has 30 heavy (non-hydrogen) atoms. The molecular weight excluding hydrogens is 373 g/mol. The maximum Gasteiger partial charge on any atom is 0.175 e. The highest BCUT2D eigenvalue weighted by Crippen LogP contribution is 2.35. The molecule has 1 heterocycles. The maximum atomic E-state index is 14.6. The molecule has 0 bridgehead atoms. The number of rotatable bonds is 10. The van der Waals surface area contributed by atoms with E-state index in [1.54, 1.807) is 30.5 Å². The summed E-state index contributed by atoms with van der Waals surface area (Å²) in [5.74, 6) is 1.72. The second kappa shape index (κ2) is 11.9. The third-order valence-corrected chi connectivity index (χ3v) is 6.77. The van der Waals surface area contributed by atoms with Crippen LogP contribution in [0.5, 0.6) is 0 Å². The van der Waals surface area contributed by atoms with E-state index in [1.165, 1.54) is 64.2 Å². The van der Waals surface area contributed by atoms with E-state index in [2.05, 4.69) is 18.0 Å². The van der Waals surface area contributed by atoms with Crippen LogP contribution in [0, 0.1) is 23.2 Å². The lowest BCUT2D eigenvalue weighted by molar-refractivity contribution is 0.0364. The first kappa shape index (κ1) is 22.5. The molecule has 1 aliphatic heterocycles. The molecule has 0 saturated heterocycles. The molecule has 0 radical (unpaired) electrons. The molecule has 4 heteroatoms. The molecule has 0 aromatic heterocycles. The topological polar surface area (TPSA) is 39.4 Å². The predicted molar refractivity (Wildman–Crippen MR) is 121 cm³/mol. The van der Waals surface area contributed by atoms with Gasteiger partial charge in [-0.3, -0.25) is 4.99 Å². The van der Waals surface area contributed by atoms with E-state index in [-0.39, 0.29) is 0 Å². The average molecular weight is 410 g/mol. The van der Waals surface area contributed by atoms with E-state index in [1.807, 2.05) is 6.21 Å². The van der Waals surface area contributed by atoms with Gasteiger partial charge in [-0.25, -0.2) is 0 Å². The zero-order valence-corrected chi connectivity index (χ0v) is 18.4. The fourth-order valence-electron chi connectivity index (χ4n) is 4.80. The van der Waals surface area contributed by atoms with Crippen molar-refractivity contribution in [2.45, 2.75) is 90.1 Å². The second-order valence-electron chi connectivity index (χ2n) is 9.06. The first-order valence-corrected chi connectivity index (χ1v) is 11.9. The van der Waals surface area contributed by atoms with Crippen LogP contribution < -0.4 is 0 Å². The average Bonchev–Trinajstić information content (AvgIpc) is 2.78. The molecule has 0 amide bonds. The molecule has 3 nitrogen and oxygen atoms in total. The fraction of sp³-hybridized carbons (Fsp3) is 0.615. The Morgan fingerprint density at radius 3 is 2.30 bits per heavy atom. The number of allylic oxidation sites excluding steroid dienone is 1. The van der Waals surface area contributed by atoms with E-state index in [9.17, 15) is 4.48 Å². The Balaban J connectivity index is 1.37. The molecule has 1 aromatic carbocycles. The first-order chi connectivity index (χ1) is 14.7. The minimum Gasteiger partial charge on any atom is -0.261 e. The molecule has 1 aromatic rings. The van der Waals surface area contributed by atoms with Gasteiger partial charge in [0.25, 0.3) is 0 Å². The number of hydrogen-bond donors (Lipinski definition) is 0. The second-order valence-corrected chi connectivity index (χ2v) is 9.06. The summed E-state index contributed by atoms with van der Waals surface area (Å²) < 4.78 is 14.6. The van der Waals surface area contributed by atoms with E-state index in [4.69, 9.17) is 5.26 Å². The highest BCUT2D eigenvalue weighted by molar-refractivity contribution is 5.79. The van der Waals surface area contributed by atoms with Gasteiger partial charge < -0.3 is 0 Å². The molecule has 1 fully saturated rings. The number of hydrogen-bond acceptors (Lipinski definition) is 3. The summed E-state index contributed by atoms with van der Waals surface area (Å²) in [4.78, 5) is 4.42. The molecule has 0 N–H and O–H groups in total. The van der Waals surface area contributed by atoms with Gasteiger partial charge >= 0.3 is 0 Å². The monoisotopic (exact) mass is 409 g/mol. The van der Waals surface area contributed by atoms with Gasteiger partial charge in [-0.2, -0.15) is 10.4 Å². The number of aliphatic imine (C=N–C) groups is 1. The number of benzene rings is 1. The largest absolute Gasteiger partial charge is 0.261 e. The van der Waals surface area contributed by atoms with Gasteiger partial charge in [-0.1, -0.05) is 87.7 Å². The zero-order chi connectivity index (χ0) is 21.2. The minimum absolute atomic E-state index is 0.575. The lowest BCUT2D eigenvalue weighted by Crippen LogP contribution is -2.19. The lowest BCUT2D eigenvalue weighted by Gasteiger charge is -2.29. The van der Waals surface area contributed by atoms with Crippen molar-refractivity contribution < 1.29 is 4.48 Å². The smallest absolute Gasteiger partial charge is 0.175 e. The molecular formula is C26H36FN3. The van der Waals surface area contributed by atoms with Crippen molar-refractivity contribution in [3.8, 4) is 6.07 Å². The summed E-state index contributed by atoms with van der Waals surface area (Å²) in [7, 11) is 0. The molecule has 1 aliphatic carbocycles. The van der Waals surface area contributed by atoms with Crippen LogP contribution in [-0.4, -0.2) is 11.3 Å².